The van der Waals surface area contributed by atoms with Crippen LogP contribution in [-0.4, -0.2) is 47.5 Å². The molecule has 1 amide bonds. The summed E-state index contributed by atoms with van der Waals surface area (Å²) in [5.74, 6) is -3.29. The molecule has 0 spiro atoms. The third-order valence-electron chi connectivity index (χ3n) is 5.77. The van der Waals surface area contributed by atoms with E-state index in [0.29, 0.717) is 30.8 Å². The van der Waals surface area contributed by atoms with E-state index in [1.54, 1.807) is 19.1 Å². The van der Waals surface area contributed by atoms with Crippen molar-refractivity contribution in [3.05, 3.63) is 61.2 Å². The molecule has 0 radical (unpaired) electrons. The summed E-state index contributed by atoms with van der Waals surface area (Å²) in [7, 11) is 0. The number of aromatic nitrogens is 1. The lowest BCUT2D eigenvalue weighted by molar-refractivity contribution is -0.116. The third-order valence-corrected chi connectivity index (χ3v) is 6.78. The number of hydrogen-bond acceptors (Lipinski definition) is 7. The highest BCUT2D eigenvalue weighted by Crippen LogP contribution is 2.27. The zero-order valence-corrected chi connectivity index (χ0v) is 21.1. The Kier molecular flexibility index (Phi) is 9.57. The third kappa shape index (κ3) is 7.75. The normalized spacial score (nSPS) is 14.4. The van der Waals surface area contributed by atoms with E-state index >= 15 is 0 Å². The fourth-order valence-electron chi connectivity index (χ4n) is 3.72. The predicted octanol–water partition coefficient (Wildman–Crippen LogP) is 1.68. The summed E-state index contributed by atoms with van der Waals surface area (Å²) < 4.78 is 28.6. The van der Waals surface area contributed by atoms with Gasteiger partial charge in [-0.3, -0.25) is 14.2 Å². The van der Waals surface area contributed by atoms with Crippen LogP contribution in [0.25, 0.3) is 11.5 Å². The van der Waals surface area contributed by atoms with Gasteiger partial charge in [0, 0.05) is 50.9 Å². The molecule has 1 aromatic heterocycles. The van der Waals surface area contributed by atoms with Crippen LogP contribution in [0, 0.1) is 22.7 Å². The van der Waals surface area contributed by atoms with Crippen molar-refractivity contribution in [3.8, 4) is 12.1 Å². The van der Waals surface area contributed by atoms with Gasteiger partial charge in [0.1, 0.15) is 21.8 Å². The van der Waals surface area contributed by atoms with Gasteiger partial charge in [-0.25, -0.2) is 8.78 Å². The van der Waals surface area contributed by atoms with E-state index in [1.807, 2.05) is 24.3 Å². The molecule has 192 valence electrons. The van der Waals surface area contributed by atoms with E-state index in [1.165, 1.54) is 10.8 Å². The first kappa shape index (κ1) is 27.6. The number of nitriles is 2. The minimum atomic E-state index is -2.55. The summed E-state index contributed by atoms with van der Waals surface area (Å²) in [4.78, 5) is 26.8. The van der Waals surface area contributed by atoms with Gasteiger partial charge in [0.2, 0.25) is 0 Å². The Bertz CT molecular complexity index is 1470. The molecule has 0 atom stereocenters. The first-order valence-electron chi connectivity index (χ1n) is 11.7. The zero-order chi connectivity index (χ0) is 26.8. The topological polar surface area (TPSA) is 114 Å². The van der Waals surface area contributed by atoms with Crippen molar-refractivity contribution in [2.75, 3.05) is 31.5 Å². The number of halogens is 2. The molecule has 1 saturated heterocycles. The number of carbonyl (C=O) groups excluding carboxylic acids is 1. The Morgan fingerprint density at radius 3 is 2.70 bits per heavy atom. The van der Waals surface area contributed by atoms with Gasteiger partial charge >= 0.3 is 0 Å². The first-order valence-corrected chi connectivity index (χ1v) is 12.5. The maximum Gasteiger partial charge on any atom is 0.277 e. The van der Waals surface area contributed by atoms with Gasteiger partial charge in [0.05, 0.1) is 6.07 Å². The molecule has 1 aliphatic rings. The summed E-state index contributed by atoms with van der Waals surface area (Å²) >= 11 is 1.04. The number of alkyl halides is 2. The Morgan fingerprint density at radius 2 is 2.03 bits per heavy atom. The fraction of sp³-hybridized carbons (Fsp3) is 0.385. The van der Waals surface area contributed by atoms with Crippen LogP contribution < -0.4 is 25.4 Å². The number of carbonyl (C=O) groups is 1. The van der Waals surface area contributed by atoms with Crippen molar-refractivity contribution in [1.82, 2.24) is 14.8 Å². The molecule has 1 aliphatic heterocycles. The van der Waals surface area contributed by atoms with E-state index in [9.17, 15) is 23.6 Å². The van der Waals surface area contributed by atoms with Gasteiger partial charge in [-0.15, -0.1) is 0 Å². The summed E-state index contributed by atoms with van der Waals surface area (Å²) in [5, 5.41) is 23.2. The molecule has 2 aromatic rings. The number of nitrogens with one attached hydrogen (secondary N) is 2. The molecule has 2 heterocycles. The summed E-state index contributed by atoms with van der Waals surface area (Å²) in [6.45, 7) is 3.32. The van der Waals surface area contributed by atoms with E-state index in [-0.39, 0.29) is 35.1 Å². The molecule has 1 fully saturated rings. The molecule has 8 nitrogen and oxygen atoms in total. The lowest BCUT2D eigenvalue weighted by Gasteiger charge is -2.31. The lowest BCUT2D eigenvalue weighted by Crippen LogP contribution is -2.40. The average molecular weight is 525 g/mol. The van der Waals surface area contributed by atoms with Crippen molar-refractivity contribution >= 4 is 34.4 Å². The number of amides is 1. The van der Waals surface area contributed by atoms with Gasteiger partial charge in [-0.1, -0.05) is 34.9 Å². The number of hydrogen-bond donors (Lipinski definition) is 2. The van der Waals surface area contributed by atoms with Crippen molar-refractivity contribution < 1.29 is 13.6 Å². The van der Waals surface area contributed by atoms with Crippen molar-refractivity contribution in [2.24, 2.45) is 0 Å². The number of likely N-dealkylation sites (tertiary alicyclic amines) is 1. The molecule has 0 saturated carbocycles. The molecule has 2 N–H and O–H groups in total. The number of nitrogens with zero attached hydrogens (tertiary/aromatic N) is 4. The van der Waals surface area contributed by atoms with Crippen LogP contribution in [0.4, 0.5) is 14.5 Å². The molecule has 1 aromatic carbocycles. The highest BCUT2D eigenvalue weighted by Gasteiger charge is 2.33. The fourth-order valence-corrected chi connectivity index (χ4v) is 4.71. The average Bonchev–Trinajstić information content (AvgIpc) is 3.19. The van der Waals surface area contributed by atoms with E-state index in [4.69, 9.17) is 5.26 Å². The number of thiazole rings is 1. The second kappa shape index (κ2) is 12.8. The second-order valence-electron chi connectivity index (χ2n) is 8.32. The Morgan fingerprint density at radius 1 is 1.27 bits per heavy atom. The van der Waals surface area contributed by atoms with Crippen LogP contribution in [0.1, 0.15) is 25.3 Å². The number of rotatable bonds is 8. The highest BCUT2D eigenvalue weighted by molar-refractivity contribution is 7.07. The van der Waals surface area contributed by atoms with Gasteiger partial charge in [-0.05, 0) is 31.0 Å². The number of anilines is 1. The van der Waals surface area contributed by atoms with Crippen LogP contribution in [0.2, 0.25) is 0 Å². The van der Waals surface area contributed by atoms with Crippen molar-refractivity contribution in [3.63, 3.8) is 0 Å². The van der Waals surface area contributed by atoms with Crippen LogP contribution >= 0.6 is 11.3 Å². The second-order valence-corrected chi connectivity index (χ2v) is 9.32. The molecule has 11 heteroatoms. The van der Waals surface area contributed by atoms with E-state index in [2.05, 4.69) is 27.0 Å². The van der Waals surface area contributed by atoms with Crippen LogP contribution in [0.15, 0.2) is 40.8 Å². The monoisotopic (exact) mass is 524 g/mol. The zero-order valence-electron chi connectivity index (χ0n) is 20.3. The Balaban J connectivity index is 1.78. The quantitative estimate of drug-likeness (QED) is 0.309. The van der Waals surface area contributed by atoms with E-state index in [0.717, 1.165) is 29.0 Å². The van der Waals surface area contributed by atoms with E-state index < -0.39 is 11.8 Å². The van der Waals surface area contributed by atoms with Gasteiger partial charge in [-0.2, -0.15) is 10.5 Å². The molecule has 3 rings (SSSR count). The van der Waals surface area contributed by atoms with Gasteiger partial charge in [0.25, 0.3) is 17.4 Å². The predicted molar refractivity (Wildman–Crippen MR) is 137 cm³/mol. The van der Waals surface area contributed by atoms with Crippen molar-refractivity contribution in [1.29, 1.82) is 10.5 Å². The maximum atomic E-state index is 13.3. The summed E-state index contributed by atoms with van der Waals surface area (Å²) in [5.41, 5.74) is 6.77. The highest BCUT2D eigenvalue weighted by atomic mass is 32.1. The number of piperidine rings is 1. The van der Waals surface area contributed by atoms with Crippen molar-refractivity contribution in [2.45, 2.75) is 38.7 Å². The van der Waals surface area contributed by atoms with Gasteiger partial charge < -0.3 is 15.5 Å². The SMILES string of the molecule is CCn1c(=C=C(C#N)C(=O)NCC#N)sc(=C=CNc2cccc(CCN3CCC(F)(F)CC3)c2)c1=O. The van der Waals surface area contributed by atoms with Crippen LogP contribution in [0.5, 0.6) is 0 Å². The molecule has 0 aliphatic carbocycles. The standard InChI is InChI=1S/C26H26F2N6O2S/c1-2-34-23(17-20(18-30)24(35)32-12-10-29)37-22(25(34)36)6-11-31-21-5-3-4-19(16-21)7-13-33-14-8-26(27,28)9-15-33/h3-5,11,16,31H,2,7-9,12-15H2,1H3,(H,32,35). The minimum Gasteiger partial charge on any atom is -0.355 e. The smallest absolute Gasteiger partial charge is 0.277 e. The summed E-state index contributed by atoms with van der Waals surface area (Å²) in [6.07, 6.45) is 2.05. The van der Waals surface area contributed by atoms with Crippen LogP contribution in [0.3, 0.4) is 0 Å². The first-order chi connectivity index (χ1) is 17.8. The maximum absolute atomic E-state index is 13.3. The molecular weight excluding hydrogens is 498 g/mol. The molecule has 0 unspecified atom stereocenters. The molecule has 0 bridgehead atoms. The lowest BCUT2D eigenvalue weighted by atomic mass is 10.1. The number of benzene rings is 1. The Labute approximate surface area is 216 Å². The largest absolute Gasteiger partial charge is 0.355 e. The molecular formula is C26H26F2N6O2S. The Hall–Kier alpha value is -3.98. The summed E-state index contributed by atoms with van der Waals surface area (Å²) in [6, 6.07) is 11.2. The molecule has 37 heavy (non-hydrogen) atoms. The van der Waals surface area contributed by atoms with Gasteiger partial charge in [0.15, 0.2) is 5.57 Å². The minimum absolute atomic E-state index is 0.0981. The van der Waals surface area contributed by atoms with Crippen LogP contribution in [-0.2, 0) is 17.8 Å².